The van der Waals surface area contributed by atoms with E-state index in [2.05, 4.69) is 4.98 Å². The SMILES string of the molecule is Nc1nc(=O)n(S(=O)(=O)Cc2ccccc2)cc1F. The molecule has 0 aliphatic heterocycles. The Labute approximate surface area is 108 Å². The summed E-state index contributed by atoms with van der Waals surface area (Å²) in [6, 6.07) is 8.23. The third-order valence-corrected chi connectivity index (χ3v) is 3.93. The number of nitrogen functional groups attached to an aromatic ring is 1. The fourth-order valence-electron chi connectivity index (χ4n) is 1.48. The average Bonchev–Trinajstić information content (AvgIpc) is 2.34. The van der Waals surface area contributed by atoms with Gasteiger partial charge in [0.05, 0.1) is 11.9 Å². The molecule has 19 heavy (non-hydrogen) atoms. The van der Waals surface area contributed by atoms with E-state index >= 15 is 0 Å². The largest absolute Gasteiger partial charge is 0.381 e. The third-order valence-electron chi connectivity index (χ3n) is 2.37. The molecule has 1 aromatic heterocycles. The van der Waals surface area contributed by atoms with E-state index in [1.807, 2.05) is 0 Å². The van der Waals surface area contributed by atoms with E-state index in [0.29, 0.717) is 11.8 Å². The standard InChI is InChI=1S/C11H10FN3O3S/c12-9-6-15(11(16)14-10(9)13)19(17,18)7-8-4-2-1-3-5-8/h1-6H,7H2,(H2,13,14,16). The van der Waals surface area contributed by atoms with E-state index in [1.54, 1.807) is 30.3 Å². The van der Waals surface area contributed by atoms with Crippen LogP contribution < -0.4 is 11.4 Å². The van der Waals surface area contributed by atoms with Gasteiger partial charge in [0.15, 0.2) is 11.6 Å². The molecule has 1 aromatic carbocycles. The molecular formula is C11H10FN3O3S. The Morgan fingerprint density at radius 1 is 1.26 bits per heavy atom. The lowest BCUT2D eigenvalue weighted by Crippen LogP contribution is -2.31. The second-order valence-corrected chi connectivity index (χ2v) is 5.64. The molecule has 2 rings (SSSR count). The minimum atomic E-state index is -4.04. The number of rotatable bonds is 3. The Morgan fingerprint density at radius 2 is 1.89 bits per heavy atom. The summed E-state index contributed by atoms with van der Waals surface area (Å²) in [6.07, 6.45) is 0.531. The number of halogens is 1. The van der Waals surface area contributed by atoms with Gasteiger partial charge >= 0.3 is 5.69 Å². The number of hydrogen-bond acceptors (Lipinski definition) is 5. The van der Waals surface area contributed by atoms with E-state index in [9.17, 15) is 17.6 Å². The molecule has 0 atom stereocenters. The van der Waals surface area contributed by atoms with E-state index in [4.69, 9.17) is 5.73 Å². The van der Waals surface area contributed by atoms with Gasteiger partial charge in [-0.1, -0.05) is 30.3 Å². The molecule has 1 heterocycles. The summed E-state index contributed by atoms with van der Waals surface area (Å²) < 4.78 is 37.5. The Morgan fingerprint density at radius 3 is 2.53 bits per heavy atom. The van der Waals surface area contributed by atoms with E-state index < -0.39 is 33.1 Å². The predicted octanol–water partition coefficient (Wildman–Crippen LogP) is 0.343. The van der Waals surface area contributed by atoms with Crippen LogP contribution in [-0.4, -0.2) is 17.4 Å². The zero-order valence-corrected chi connectivity index (χ0v) is 10.5. The van der Waals surface area contributed by atoms with Crippen LogP contribution in [0.4, 0.5) is 10.2 Å². The van der Waals surface area contributed by atoms with Crippen molar-refractivity contribution in [2.24, 2.45) is 0 Å². The fourth-order valence-corrected chi connectivity index (χ4v) is 2.77. The van der Waals surface area contributed by atoms with Crippen LogP contribution in [0.1, 0.15) is 5.56 Å². The Balaban J connectivity index is 2.46. The highest BCUT2D eigenvalue weighted by molar-refractivity contribution is 7.89. The van der Waals surface area contributed by atoms with Crippen LogP contribution in [0.25, 0.3) is 0 Å². The van der Waals surface area contributed by atoms with Crippen LogP contribution in [0, 0.1) is 5.82 Å². The molecule has 0 aliphatic rings. The van der Waals surface area contributed by atoms with Gasteiger partial charge in [0.2, 0.25) is 10.0 Å². The van der Waals surface area contributed by atoms with Gasteiger partial charge in [-0.05, 0) is 5.56 Å². The van der Waals surface area contributed by atoms with Gasteiger partial charge < -0.3 is 5.73 Å². The summed E-state index contributed by atoms with van der Waals surface area (Å²) in [5, 5.41) is 0. The number of hydrogen-bond donors (Lipinski definition) is 1. The molecule has 2 aromatic rings. The van der Waals surface area contributed by atoms with Crippen molar-refractivity contribution in [2.75, 3.05) is 5.73 Å². The number of aromatic nitrogens is 2. The maximum Gasteiger partial charge on any atom is 0.363 e. The van der Waals surface area contributed by atoms with Crippen molar-refractivity contribution in [1.29, 1.82) is 0 Å². The monoisotopic (exact) mass is 283 g/mol. The number of benzene rings is 1. The zero-order valence-electron chi connectivity index (χ0n) is 9.65. The van der Waals surface area contributed by atoms with Crippen LogP contribution in [0.5, 0.6) is 0 Å². The minimum Gasteiger partial charge on any atom is -0.381 e. The molecule has 0 radical (unpaired) electrons. The third kappa shape index (κ3) is 2.79. The lowest BCUT2D eigenvalue weighted by Gasteiger charge is -2.07. The molecule has 6 nitrogen and oxygen atoms in total. The van der Waals surface area contributed by atoms with Crippen molar-refractivity contribution in [2.45, 2.75) is 5.75 Å². The van der Waals surface area contributed by atoms with Crippen molar-refractivity contribution in [3.8, 4) is 0 Å². The topological polar surface area (TPSA) is 95.0 Å². The fraction of sp³-hybridized carbons (Fsp3) is 0.0909. The first kappa shape index (κ1) is 13.2. The smallest absolute Gasteiger partial charge is 0.363 e. The van der Waals surface area contributed by atoms with Gasteiger partial charge in [-0.25, -0.2) is 17.6 Å². The Bertz CT molecular complexity index is 757. The molecule has 0 unspecified atom stereocenters. The first-order valence-corrected chi connectivity index (χ1v) is 6.83. The summed E-state index contributed by atoms with van der Waals surface area (Å²) in [5.41, 5.74) is 4.44. The Hall–Kier alpha value is -2.22. The van der Waals surface area contributed by atoms with E-state index in [-0.39, 0.29) is 3.97 Å². The molecule has 100 valence electrons. The zero-order chi connectivity index (χ0) is 14.0. The first-order chi connectivity index (χ1) is 8.90. The summed E-state index contributed by atoms with van der Waals surface area (Å²) in [4.78, 5) is 14.6. The van der Waals surface area contributed by atoms with Crippen LogP contribution in [-0.2, 0) is 15.8 Å². The first-order valence-electron chi connectivity index (χ1n) is 5.22. The van der Waals surface area contributed by atoms with Crippen molar-refractivity contribution in [1.82, 2.24) is 8.96 Å². The van der Waals surface area contributed by atoms with Gasteiger partial charge in [-0.15, -0.1) is 0 Å². The average molecular weight is 283 g/mol. The van der Waals surface area contributed by atoms with Crippen molar-refractivity contribution < 1.29 is 12.8 Å². The molecule has 0 saturated heterocycles. The quantitative estimate of drug-likeness (QED) is 0.876. The maximum atomic E-state index is 13.2. The minimum absolute atomic E-state index is 0.256. The van der Waals surface area contributed by atoms with Crippen molar-refractivity contribution in [3.05, 3.63) is 58.4 Å². The van der Waals surface area contributed by atoms with E-state index in [1.165, 1.54) is 0 Å². The highest BCUT2D eigenvalue weighted by Crippen LogP contribution is 2.09. The summed E-state index contributed by atoms with van der Waals surface area (Å²) in [7, 11) is -4.04. The van der Waals surface area contributed by atoms with Crippen molar-refractivity contribution >= 4 is 15.8 Å². The highest BCUT2D eigenvalue weighted by atomic mass is 32.2. The Kier molecular flexibility index (Phi) is 3.34. The van der Waals surface area contributed by atoms with Crippen molar-refractivity contribution in [3.63, 3.8) is 0 Å². The maximum absolute atomic E-state index is 13.2. The lowest BCUT2D eigenvalue weighted by molar-refractivity contribution is 0.571. The van der Waals surface area contributed by atoms with Crippen LogP contribution in [0.15, 0.2) is 41.3 Å². The lowest BCUT2D eigenvalue weighted by atomic mass is 10.2. The molecule has 8 heteroatoms. The molecule has 0 spiro atoms. The number of nitrogens with zero attached hydrogens (tertiary/aromatic N) is 2. The predicted molar refractivity (Wildman–Crippen MR) is 67.3 cm³/mol. The normalized spacial score (nSPS) is 11.4. The van der Waals surface area contributed by atoms with Crippen LogP contribution >= 0.6 is 0 Å². The van der Waals surface area contributed by atoms with Crippen LogP contribution in [0.2, 0.25) is 0 Å². The summed E-state index contributed by atoms with van der Waals surface area (Å²) in [6.45, 7) is 0. The van der Waals surface area contributed by atoms with Gasteiger partial charge in [-0.3, -0.25) is 0 Å². The second-order valence-electron chi connectivity index (χ2n) is 3.79. The summed E-state index contributed by atoms with van der Waals surface area (Å²) in [5.74, 6) is -2.12. The van der Waals surface area contributed by atoms with E-state index in [0.717, 1.165) is 0 Å². The number of nitrogens with two attached hydrogens (primary N) is 1. The molecule has 0 amide bonds. The van der Waals surface area contributed by atoms with Crippen LogP contribution in [0.3, 0.4) is 0 Å². The number of anilines is 1. The molecule has 0 aliphatic carbocycles. The van der Waals surface area contributed by atoms with Gasteiger partial charge in [0, 0.05) is 0 Å². The van der Waals surface area contributed by atoms with Gasteiger partial charge in [0.25, 0.3) is 0 Å². The molecular weight excluding hydrogens is 273 g/mol. The highest BCUT2D eigenvalue weighted by Gasteiger charge is 2.18. The van der Waals surface area contributed by atoms with Gasteiger partial charge in [-0.2, -0.15) is 8.96 Å². The second kappa shape index (κ2) is 4.81. The summed E-state index contributed by atoms with van der Waals surface area (Å²) >= 11 is 0. The van der Waals surface area contributed by atoms with Gasteiger partial charge in [0.1, 0.15) is 0 Å². The molecule has 0 fully saturated rings. The molecule has 2 N–H and O–H groups in total. The molecule has 0 saturated carbocycles. The molecule has 0 bridgehead atoms.